The number of aliphatic carboxylic acids is 2. The highest BCUT2D eigenvalue weighted by molar-refractivity contribution is 6.27. The lowest BCUT2D eigenvalue weighted by Crippen LogP contribution is -2.16. The second-order valence-electron chi connectivity index (χ2n) is 7.84. The van der Waals surface area contributed by atoms with Crippen molar-refractivity contribution in [2.75, 3.05) is 20.6 Å². The predicted molar refractivity (Wildman–Crippen MR) is 114 cm³/mol. The molecule has 1 aromatic heterocycles. The summed E-state index contributed by atoms with van der Waals surface area (Å²) in [6.07, 6.45) is 8.77. The predicted octanol–water partition coefficient (Wildman–Crippen LogP) is 4.06. The molecule has 0 spiro atoms. The Morgan fingerprint density at radius 1 is 1.00 bits per heavy atom. The Morgan fingerprint density at radius 2 is 1.60 bits per heavy atom. The van der Waals surface area contributed by atoms with Crippen molar-refractivity contribution in [2.24, 2.45) is 0 Å². The number of fused-ring (bicyclic) bond motifs is 1. The van der Waals surface area contributed by atoms with Gasteiger partial charge >= 0.3 is 11.9 Å². The summed E-state index contributed by atoms with van der Waals surface area (Å²) in [6.45, 7) is 2.13. The normalized spacial score (nSPS) is 13.6. The highest BCUT2D eigenvalue weighted by Crippen LogP contribution is 2.30. The Labute approximate surface area is 176 Å². The number of aromatic nitrogens is 1. The first-order valence-electron chi connectivity index (χ1n) is 10.4. The second-order valence-corrected chi connectivity index (χ2v) is 7.84. The molecule has 1 aromatic carbocycles. The van der Waals surface area contributed by atoms with Crippen LogP contribution in [-0.2, 0) is 29.0 Å². The van der Waals surface area contributed by atoms with E-state index in [1.54, 1.807) is 12.1 Å². The Morgan fingerprint density at radius 3 is 2.17 bits per heavy atom. The van der Waals surface area contributed by atoms with Gasteiger partial charge in [-0.3, -0.25) is 0 Å². The van der Waals surface area contributed by atoms with Gasteiger partial charge in [-0.25, -0.2) is 14.0 Å². The van der Waals surface area contributed by atoms with Crippen molar-refractivity contribution in [3.8, 4) is 11.3 Å². The van der Waals surface area contributed by atoms with E-state index < -0.39 is 11.9 Å². The standard InChI is InChI=1S/C21H29FN2.C2H2O4/c1-23(2)14-7-15-24-20-9-6-4-3-5-8-18(20)16-21(24)17-10-12-19(22)13-11-17;3-1(4)2(5)6/h10-13,16H,3-9,14-15H2,1-2H3;(H,3,4)(H,5,6). The van der Waals surface area contributed by atoms with Crippen molar-refractivity contribution < 1.29 is 24.2 Å². The van der Waals surface area contributed by atoms with Gasteiger partial charge in [-0.2, -0.15) is 0 Å². The van der Waals surface area contributed by atoms with Crippen LogP contribution in [0.5, 0.6) is 0 Å². The molecular weight excluding hydrogens is 387 g/mol. The molecular formula is C23H31FN2O4. The van der Waals surface area contributed by atoms with E-state index in [4.69, 9.17) is 19.8 Å². The Balaban J connectivity index is 0.000000469. The van der Waals surface area contributed by atoms with Crippen LogP contribution in [0.4, 0.5) is 4.39 Å². The average molecular weight is 419 g/mol. The molecule has 0 atom stereocenters. The van der Waals surface area contributed by atoms with E-state index >= 15 is 0 Å². The van der Waals surface area contributed by atoms with E-state index in [9.17, 15) is 4.39 Å². The van der Waals surface area contributed by atoms with Gasteiger partial charge in [-0.1, -0.05) is 12.8 Å². The van der Waals surface area contributed by atoms with E-state index in [1.165, 1.54) is 55.5 Å². The number of aryl methyl sites for hydroxylation is 1. The van der Waals surface area contributed by atoms with Crippen molar-refractivity contribution in [3.05, 3.63) is 47.4 Å². The largest absolute Gasteiger partial charge is 0.473 e. The third-order valence-electron chi connectivity index (χ3n) is 5.22. The molecule has 0 aliphatic heterocycles. The van der Waals surface area contributed by atoms with Gasteiger partial charge in [-0.15, -0.1) is 0 Å². The molecule has 1 heterocycles. The quantitative estimate of drug-likeness (QED) is 0.716. The zero-order valence-corrected chi connectivity index (χ0v) is 17.7. The van der Waals surface area contributed by atoms with Crippen molar-refractivity contribution >= 4 is 11.9 Å². The molecule has 30 heavy (non-hydrogen) atoms. The number of carboxylic acid groups (broad SMARTS) is 2. The number of hydrogen-bond acceptors (Lipinski definition) is 3. The first-order chi connectivity index (χ1) is 14.3. The molecule has 164 valence electrons. The van der Waals surface area contributed by atoms with Crippen molar-refractivity contribution in [3.63, 3.8) is 0 Å². The topological polar surface area (TPSA) is 82.8 Å². The first-order valence-corrected chi connectivity index (χ1v) is 10.4. The zero-order chi connectivity index (χ0) is 22.1. The minimum absolute atomic E-state index is 0.164. The summed E-state index contributed by atoms with van der Waals surface area (Å²) in [4.78, 5) is 20.4. The van der Waals surface area contributed by atoms with E-state index in [0.717, 1.165) is 25.1 Å². The van der Waals surface area contributed by atoms with Crippen molar-refractivity contribution in [2.45, 2.75) is 51.5 Å². The minimum Gasteiger partial charge on any atom is -0.473 e. The maximum Gasteiger partial charge on any atom is 0.414 e. The summed E-state index contributed by atoms with van der Waals surface area (Å²) in [5, 5.41) is 14.8. The van der Waals surface area contributed by atoms with Crippen molar-refractivity contribution in [1.29, 1.82) is 0 Å². The van der Waals surface area contributed by atoms with Gasteiger partial charge in [-0.05, 0) is 94.2 Å². The van der Waals surface area contributed by atoms with Crippen LogP contribution >= 0.6 is 0 Å². The van der Waals surface area contributed by atoms with E-state index in [0.29, 0.717) is 0 Å². The van der Waals surface area contributed by atoms with E-state index in [1.807, 2.05) is 12.1 Å². The van der Waals surface area contributed by atoms with Crippen LogP contribution in [0.2, 0.25) is 0 Å². The summed E-state index contributed by atoms with van der Waals surface area (Å²) in [5.41, 5.74) is 5.43. The van der Waals surface area contributed by atoms with Gasteiger partial charge in [0.2, 0.25) is 0 Å². The van der Waals surface area contributed by atoms with Crippen LogP contribution in [0.3, 0.4) is 0 Å². The molecule has 0 amide bonds. The SMILES string of the molecule is CN(C)CCCn1c(-c2ccc(F)cc2)cc2c1CCCCCC2.O=C(O)C(=O)O. The molecule has 2 N–H and O–H groups in total. The lowest BCUT2D eigenvalue weighted by molar-refractivity contribution is -0.159. The lowest BCUT2D eigenvalue weighted by Gasteiger charge is -2.17. The Hall–Kier alpha value is -2.67. The zero-order valence-electron chi connectivity index (χ0n) is 17.7. The number of rotatable bonds is 5. The molecule has 0 saturated carbocycles. The van der Waals surface area contributed by atoms with Crippen LogP contribution < -0.4 is 0 Å². The Bertz CT molecular complexity index is 832. The number of halogens is 1. The number of hydrogen-bond donors (Lipinski definition) is 2. The van der Waals surface area contributed by atoms with Gasteiger partial charge in [0.15, 0.2) is 0 Å². The molecule has 0 bridgehead atoms. The molecule has 0 saturated heterocycles. The number of carbonyl (C=O) groups is 2. The molecule has 2 aromatic rings. The summed E-state index contributed by atoms with van der Waals surface area (Å²) in [6, 6.07) is 9.35. The molecule has 1 aliphatic rings. The smallest absolute Gasteiger partial charge is 0.414 e. The highest BCUT2D eigenvalue weighted by atomic mass is 19.1. The van der Waals surface area contributed by atoms with Gasteiger partial charge in [0.05, 0.1) is 0 Å². The van der Waals surface area contributed by atoms with E-state index in [2.05, 4.69) is 29.6 Å². The van der Waals surface area contributed by atoms with Gasteiger partial charge < -0.3 is 19.7 Å². The summed E-state index contributed by atoms with van der Waals surface area (Å²) < 4.78 is 15.8. The van der Waals surface area contributed by atoms with Gasteiger partial charge in [0.25, 0.3) is 0 Å². The maximum atomic E-state index is 13.3. The molecule has 0 fully saturated rings. The second kappa shape index (κ2) is 11.5. The minimum atomic E-state index is -1.82. The molecule has 0 unspecified atom stereocenters. The number of carboxylic acids is 2. The number of nitrogens with zero attached hydrogens (tertiary/aromatic N) is 2. The van der Waals surface area contributed by atoms with Gasteiger partial charge in [0.1, 0.15) is 5.82 Å². The average Bonchev–Trinajstić information content (AvgIpc) is 2.99. The third kappa shape index (κ3) is 6.99. The molecule has 0 radical (unpaired) electrons. The molecule has 1 aliphatic carbocycles. The van der Waals surface area contributed by atoms with E-state index in [-0.39, 0.29) is 5.82 Å². The molecule has 6 nitrogen and oxygen atoms in total. The maximum absolute atomic E-state index is 13.3. The summed E-state index contributed by atoms with van der Waals surface area (Å²) >= 11 is 0. The highest BCUT2D eigenvalue weighted by Gasteiger charge is 2.17. The van der Waals surface area contributed by atoms with Gasteiger partial charge in [0, 0.05) is 17.9 Å². The third-order valence-corrected chi connectivity index (χ3v) is 5.22. The monoisotopic (exact) mass is 418 g/mol. The fraction of sp³-hybridized carbons (Fsp3) is 0.478. The molecule has 7 heteroatoms. The van der Waals surface area contributed by atoms with Crippen LogP contribution in [0.15, 0.2) is 30.3 Å². The number of benzene rings is 1. The summed E-state index contributed by atoms with van der Waals surface area (Å²) in [5.74, 6) is -3.81. The van der Waals surface area contributed by atoms with Crippen LogP contribution in [0.25, 0.3) is 11.3 Å². The van der Waals surface area contributed by atoms with Crippen molar-refractivity contribution in [1.82, 2.24) is 9.47 Å². The van der Waals surface area contributed by atoms with Crippen LogP contribution in [0.1, 0.15) is 43.4 Å². The van der Waals surface area contributed by atoms with Crippen LogP contribution in [-0.4, -0.2) is 52.3 Å². The molecule has 3 rings (SSSR count). The Kier molecular flexibility index (Phi) is 9.05. The first kappa shape index (κ1) is 23.6. The summed E-state index contributed by atoms with van der Waals surface area (Å²) in [7, 11) is 4.25. The van der Waals surface area contributed by atoms with Crippen LogP contribution in [0, 0.1) is 5.82 Å². The fourth-order valence-corrected chi connectivity index (χ4v) is 3.78. The fourth-order valence-electron chi connectivity index (χ4n) is 3.78. The lowest BCUT2D eigenvalue weighted by atomic mass is 9.98.